The average molecular weight is 396 g/mol. The number of nitrogens with zero attached hydrogens (tertiary/aromatic N) is 3. The van der Waals surface area contributed by atoms with Crippen LogP contribution >= 0.6 is 11.3 Å². The zero-order valence-corrected chi connectivity index (χ0v) is 16.7. The highest BCUT2D eigenvalue weighted by atomic mass is 32.1. The van der Waals surface area contributed by atoms with E-state index < -0.39 is 0 Å². The lowest BCUT2D eigenvalue weighted by Gasteiger charge is -2.27. The second kappa shape index (κ2) is 6.53. The number of nitrogens with one attached hydrogen (secondary N) is 1. The summed E-state index contributed by atoms with van der Waals surface area (Å²) < 4.78 is 15.4. The van der Waals surface area contributed by atoms with Crippen LogP contribution in [0.5, 0.6) is 0 Å². The Morgan fingerprint density at radius 3 is 3.04 bits per heavy atom. The molecule has 0 amide bonds. The van der Waals surface area contributed by atoms with Crippen molar-refractivity contribution in [3.05, 3.63) is 68.0 Å². The standard InChI is InChI=1S/C21H21FN4OS/c1-12-11-28-21-23-13(2)15(20(27)26(12)21)5-7-25-8-6-19-17(10-25)16-9-14(22)3-4-18(16)24-19/h3-4,9,11,24H,5-8,10H2,1-2H3. The smallest absolute Gasteiger partial charge is 0.262 e. The first-order valence-electron chi connectivity index (χ1n) is 9.49. The Bertz CT molecular complexity index is 1270. The van der Waals surface area contributed by atoms with Crippen molar-refractivity contribution in [2.75, 3.05) is 13.1 Å². The predicted octanol–water partition coefficient (Wildman–Crippen LogP) is 3.59. The number of fused-ring (bicyclic) bond motifs is 4. The number of thiazole rings is 1. The molecular weight excluding hydrogens is 375 g/mol. The van der Waals surface area contributed by atoms with Crippen molar-refractivity contribution in [3.63, 3.8) is 0 Å². The number of halogens is 1. The van der Waals surface area contributed by atoms with Gasteiger partial charge < -0.3 is 4.98 Å². The predicted molar refractivity (Wildman–Crippen MR) is 110 cm³/mol. The fourth-order valence-corrected chi connectivity index (χ4v) is 5.11. The monoisotopic (exact) mass is 396 g/mol. The van der Waals surface area contributed by atoms with Gasteiger partial charge in [-0.3, -0.25) is 14.1 Å². The summed E-state index contributed by atoms with van der Waals surface area (Å²) in [5.74, 6) is -0.208. The molecule has 0 saturated heterocycles. The van der Waals surface area contributed by atoms with Crippen molar-refractivity contribution in [1.82, 2.24) is 19.3 Å². The van der Waals surface area contributed by atoms with Crippen LogP contribution in [0.15, 0.2) is 28.4 Å². The Labute approximate surface area is 165 Å². The normalized spacial score (nSPS) is 14.8. The van der Waals surface area contributed by atoms with Gasteiger partial charge in [0.25, 0.3) is 5.56 Å². The van der Waals surface area contributed by atoms with E-state index >= 15 is 0 Å². The van der Waals surface area contributed by atoms with Gasteiger partial charge in [0.15, 0.2) is 4.96 Å². The number of rotatable bonds is 3. The SMILES string of the molecule is Cc1nc2scc(C)n2c(=O)c1CCN1CCc2[nH]c3ccc(F)cc3c2C1. The summed E-state index contributed by atoms with van der Waals surface area (Å²) in [6, 6.07) is 4.91. The zero-order chi connectivity index (χ0) is 19.4. The van der Waals surface area contributed by atoms with Crippen molar-refractivity contribution in [1.29, 1.82) is 0 Å². The average Bonchev–Trinajstić information content (AvgIpc) is 3.21. The van der Waals surface area contributed by atoms with E-state index in [-0.39, 0.29) is 11.4 Å². The molecule has 0 bridgehead atoms. The molecule has 1 aliphatic rings. The van der Waals surface area contributed by atoms with Gasteiger partial charge in [0.2, 0.25) is 0 Å². The number of aromatic amines is 1. The lowest BCUT2D eigenvalue weighted by molar-refractivity contribution is 0.257. The summed E-state index contributed by atoms with van der Waals surface area (Å²) in [6.45, 7) is 6.34. The van der Waals surface area contributed by atoms with Crippen LogP contribution in [0.1, 0.15) is 28.2 Å². The van der Waals surface area contributed by atoms with E-state index in [1.807, 2.05) is 25.3 Å². The molecule has 0 fully saturated rings. The van der Waals surface area contributed by atoms with Gasteiger partial charge in [-0.05, 0) is 44.0 Å². The maximum atomic E-state index is 13.7. The van der Waals surface area contributed by atoms with Crippen molar-refractivity contribution in [3.8, 4) is 0 Å². The van der Waals surface area contributed by atoms with Crippen molar-refractivity contribution in [2.45, 2.75) is 33.2 Å². The lowest BCUT2D eigenvalue weighted by Crippen LogP contribution is -2.33. The highest BCUT2D eigenvalue weighted by Crippen LogP contribution is 2.28. The molecule has 5 nitrogen and oxygen atoms in total. The quantitative estimate of drug-likeness (QED) is 0.576. The fraction of sp³-hybridized carbons (Fsp3) is 0.333. The third kappa shape index (κ3) is 2.77. The first-order valence-corrected chi connectivity index (χ1v) is 10.4. The highest BCUT2D eigenvalue weighted by Gasteiger charge is 2.22. The van der Waals surface area contributed by atoms with Gasteiger partial charge in [-0.1, -0.05) is 0 Å². The molecule has 0 spiro atoms. The van der Waals surface area contributed by atoms with E-state index in [1.165, 1.54) is 28.7 Å². The van der Waals surface area contributed by atoms with Crippen LogP contribution < -0.4 is 5.56 Å². The maximum Gasteiger partial charge on any atom is 0.262 e. The minimum Gasteiger partial charge on any atom is -0.358 e. The Morgan fingerprint density at radius 1 is 1.32 bits per heavy atom. The minimum atomic E-state index is -0.208. The molecule has 7 heteroatoms. The van der Waals surface area contributed by atoms with Gasteiger partial charge >= 0.3 is 0 Å². The number of benzene rings is 1. The van der Waals surface area contributed by atoms with Crippen molar-refractivity contribution >= 4 is 27.2 Å². The van der Waals surface area contributed by atoms with Crippen LogP contribution in [0.4, 0.5) is 4.39 Å². The Kier molecular flexibility index (Phi) is 4.10. The number of H-pyrrole nitrogens is 1. The summed E-state index contributed by atoms with van der Waals surface area (Å²) in [6.07, 6.45) is 1.58. The van der Waals surface area contributed by atoms with Gasteiger partial charge in [-0.25, -0.2) is 9.37 Å². The Morgan fingerprint density at radius 2 is 2.18 bits per heavy atom. The van der Waals surface area contributed by atoms with Crippen LogP contribution in [0.25, 0.3) is 15.9 Å². The van der Waals surface area contributed by atoms with E-state index in [0.717, 1.165) is 58.9 Å². The van der Waals surface area contributed by atoms with E-state index in [2.05, 4.69) is 14.9 Å². The number of aryl methyl sites for hydroxylation is 2. The summed E-state index contributed by atoms with van der Waals surface area (Å²) >= 11 is 1.50. The number of aromatic nitrogens is 3. The minimum absolute atomic E-state index is 0.0492. The summed E-state index contributed by atoms with van der Waals surface area (Å²) in [5.41, 5.74) is 5.95. The second-order valence-electron chi connectivity index (χ2n) is 7.52. The molecule has 4 aromatic rings. The van der Waals surface area contributed by atoms with Gasteiger partial charge in [0.05, 0.1) is 0 Å². The van der Waals surface area contributed by atoms with Crippen LogP contribution in [-0.2, 0) is 19.4 Å². The molecule has 0 radical (unpaired) electrons. The van der Waals surface area contributed by atoms with Gasteiger partial charge in [0, 0.05) is 65.0 Å². The first kappa shape index (κ1) is 17.6. The van der Waals surface area contributed by atoms with Crippen LogP contribution in [0.3, 0.4) is 0 Å². The molecule has 5 rings (SSSR count). The molecule has 0 aliphatic carbocycles. The van der Waals surface area contributed by atoms with Gasteiger partial charge in [0.1, 0.15) is 5.82 Å². The third-order valence-electron chi connectivity index (χ3n) is 5.73. The number of hydrogen-bond donors (Lipinski definition) is 1. The summed E-state index contributed by atoms with van der Waals surface area (Å²) in [5, 5.41) is 2.93. The maximum absolute atomic E-state index is 13.7. The van der Waals surface area contributed by atoms with Crippen molar-refractivity contribution in [2.24, 2.45) is 0 Å². The topological polar surface area (TPSA) is 53.4 Å². The molecule has 1 N–H and O–H groups in total. The van der Waals surface area contributed by atoms with Gasteiger partial charge in [-0.2, -0.15) is 0 Å². The first-order chi connectivity index (χ1) is 13.5. The fourth-order valence-electron chi connectivity index (χ4n) is 4.21. The highest BCUT2D eigenvalue weighted by molar-refractivity contribution is 7.15. The second-order valence-corrected chi connectivity index (χ2v) is 8.36. The molecule has 3 aromatic heterocycles. The third-order valence-corrected chi connectivity index (χ3v) is 6.68. The number of hydrogen-bond acceptors (Lipinski definition) is 4. The van der Waals surface area contributed by atoms with Gasteiger partial charge in [-0.15, -0.1) is 11.3 Å². The van der Waals surface area contributed by atoms with Crippen LogP contribution in [0, 0.1) is 19.7 Å². The zero-order valence-electron chi connectivity index (χ0n) is 15.9. The van der Waals surface area contributed by atoms with Crippen molar-refractivity contribution < 1.29 is 4.39 Å². The Balaban J connectivity index is 1.41. The van der Waals surface area contributed by atoms with Crippen LogP contribution in [-0.4, -0.2) is 32.4 Å². The molecular formula is C21H21FN4OS. The van der Waals surface area contributed by atoms with E-state index in [4.69, 9.17) is 0 Å². The molecule has 28 heavy (non-hydrogen) atoms. The molecule has 4 heterocycles. The molecule has 144 valence electrons. The largest absolute Gasteiger partial charge is 0.358 e. The summed E-state index contributed by atoms with van der Waals surface area (Å²) in [7, 11) is 0. The van der Waals surface area contributed by atoms with E-state index in [9.17, 15) is 9.18 Å². The molecule has 1 aliphatic heterocycles. The van der Waals surface area contributed by atoms with Crippen LogP contribution in [0.2, 0.25) is 0 Å². The Hall–Kier alpha value is -2.51. The van der Waals surface area contributed by atoms with E-state index in [1.54, 1.807) is 10.5 Å². The molecule has 1 aromatic carbocycles. The molecule has 0 unspecified atom stereocenters. The lowest BCUT2D eigenvalue weighted by atomic mass is 10.0. The summed E-state index contributed by atoms with van der Waals surface area (Å²) in [4.78, 5) is 24.1. The molecule has 0 atom stereocenters. The molecule has 0 saturated carbocycles. The van der Waals surface area contributed by atoms with E-state index in [0.29, 0.717) is 6.42 Å².